The van der Waals surface area contributed by atoms with Crippen LogP contribution >= 0.6 is 11.8 Å². The lowest BCUT2D eigenvalue weighted by atomic mass is 10.0. The number of β-lactam (4-membered cyclic amide) rings is 1. The molecule has 9 heteroatoms. The Hall–Kier alpha value is -2.52. The summed E-state index contributed by atoms with van der Waals surface area (Å²) in [6, 6.07) is 7.20. The first-order valence-corrected chi connectivity index (χ1v) is 8.61. The zero-order chi connectivity index (χ0) is 18.1. The van der Waals surface area contributed by atoms with Gasteiger partial charge in [0.2, 0.25) is 11.8 Å². The molecule has 0 radical (unpaired) electrons. The van der Waals surface area contributed by atoms with Gasteiger partial charge in [0.1, 0.15) is 17.5 Å². The molecule has 1 saturated heterocycles. The quantitative estimate of drug-likeness (QED) is 0.539. The van der Waals surface area contributed by atoms with E-state index >= 15 is 0 Å². The molecule has 0 aromatic heterocycles. The number of hydrogen-bond acceptors (Lipinski definition) is 6. The van der Waals surface area contributed by atoms with E-state index in [1.165, 1.54) is 16.7 Å². The summed E-state index contributed by atoms with van der Waals surface area (Å²) in [5.41, 5.74) is 7.24. The SMILES string of the molecule is CC1=C(OC(=O)O)N2C(=O)C(NC(=O)[C@@H](N)c3ccccc3)[C@@H]2SC1. The van der Waals surface area contributed by atoms with Gasteiger partial charge < -0.3 is 20.9 Å². The van der Waals surface area contributed by atoms with Crippen LogP contribution in [0.4, 0.5) is 4.79 Å². The van der Waals surface area contributed by atoms with Crippen LogP contribution in [0.3, 0.4) is 0 Å². The van der Waals surface area contributed by atoms with E-state index in [4.69, 9.17) is 15.6 Å². The highest BCUT2D eigenvalue weighted by atomic mass is 32.2. The van der Waals surface area contributed by atoms with Crippen LogP contribution in [-0.2, 0) is 14.3 Å². The van der Waals surface area contributed by atoms with Crippen LogP contribution < -0.4 is 11.1 Å². The van der Waals surface area contributed by atoms with Gasteiger partial charge in [0.25, 0.3) is 5.91 Å². The Balaban J connectivity index is 1.69. The van der Waals surface area contributed by atoms with Crippen LogP contribution in [-0.4, -0.2) is 45.1 Å². The van der Waals surface area contributed by atoms with Gasteiger partial charge in [0.15, 0.2) is 0 Å². The van der Waals surface area contributed by atoms with Gasteiger partial charge in [0.05, 0.1) is 0 Å². The van der Waals surface area contributed by atoms with Crippen molar-refractivity contribution in [3.63, 3.8) is 0 Å². The fourth-order valence-electron chi connectivity index (χ4n) is 2.74. The maximum atomic E-state index is 12.4. The van der Waals surface area contributed by atoms with Crippen LogP contribution in [0, 0.1) is 0 Å². The molecule has 3 atom stereocenters. The number of benzene rings is 1. The first-order chi connectivity index (χ1) is 11.9. The van der Waals surface area contributed by atoms with E-state index in [0.29, 0.717) is 16.9 Å². The van der Waals surface area contributed by atoms with Crippen molar-refractivity contribution >= 4 is 29.7 Å². The number of nitrogens with two attached hydrogens (primary N) is 1. The van der Waals surface area contributed by atoms with E-state index in [1.807, 2.05) is 6.07 Å². The molecule has 1 aromatic carbocycles. The lowest BCUT2D eigenvalue weighted by Gasteiger charge is -2.49. The Kier molecular flexibility index (Phi) is 4.69. The molecule has 3 rings (SSSR count). The van der Waals surface area contributed by atoms with Crippen molar-refractivity contribution in [2.75, 3.05) is 5.75 Å². The number of carbonyl (C=O) groups is 3. The smallest absolute Gasteiger partial charge is 0.449 e. The maximum absolute atomic E-state index is 12.4. The van der Waals surface area contributed by atoms with Gasteiger partial charge in [-0.25, -0.2) is 4.79 Å². The Morgan fingerprint density at radius 1 is 1.40 bits per heavy atom. The van der Waals surface area contributed by atoms with E-state index in [2.05, 4.69) is 5.32 Å². The number of ether oxygens (including phenoxy) is 1. The number of thioether (sulfide) groups is 1. The fraction of sp³-hybridized carbons (Fsp3) is 0.312. The van der Waals surface area contributed by atoms with Gasteiger partial charge in [-0.05, 0) is 18.1 Å². The molecule has 0 bridgehead atoms. The maximum Gasteiger partial charge on any atom is 0.512 e. The minimum Gasteiger partial charge on any atom is -0.449 e. The molecular formula is C16H17N3O5S. The summed E-state index contributed by atoms with van der Waals surface area (Å²) >= 11 is 1.43. The molecule has 4 N–H and O–H groups in total. The van der Waals surface area contributed by atoms with Crippen LogP contribution in [0.5, 0.6) is 0 Å². The standard InChI is InChI=1S/C16H17N3O5S/c1-8-7-25-15-11(13(21)19(15)14(8)24-16(22)23)18-12(20)10(17)9-5-3-2-4-6-9/h2-6,10-11,15H,7,17H2,1H3,(H,18,20)(H,22,23)/t10-,11?,15-/m0/s1. The number of amides is 2. The van der Waals surface area contributed by atoms with E-state index in [-0.39, 0.29) is 5.88 Å². The van der Waals surface area contributed by atoms with Gasteiger partial charge in [-0.1, -0.05) is 30.3 Å². The first kappa shape index (κ1) is 17.3. The summed E-state index contributed by atoms with van der Waals surface area (Å²) < 4.78 is 4.73. The van der Waals surface area contributed by atoms with Gasteiger partial charge in [-0.3, -0.25) is 14.5 Å². The lowest BCUT2D eigenvalue weighted by molar-refractivity contribution is -0.149. The predicted octanol–water partition coefficient (Wildman–Crippen LogP) is 1.01. The molecule has 0 saturated carbocycles. The number of hydrogen-bond donors (Lipinski definition) is 3. The summed E-state index contributed by atoms with van der Waals surface area (Å²) in [7, 11) is 0. The Labute approximate surface area is 148 Å². The third-order valence-corrected chi connectivity index (χ3v) is 5.44. The number of fused-ring (bicyclic) bond motifs is 1. The molecule has 2 heterocycles. The molecule has 1 fully saturated rings. The summed E-state index contributed by atoms with van der Waals surface area (Å²) in [6.45, 7) is 1.70. The van der Waals surface area contributed by atoms with Crippen molar-refractivity contribution in [1.29, 1.82) is 0 Å². The Morgan fingerprint density at radius 3 is 2.72 bits per heavy atom. The minimum atomic E-state index is -1.48. The van der Waals surface area contributed by atoms with Gasteiger partial charge in [0, 0.05) is 5.75 Å². The normalized spacial score (nSPS) is 23.4. The second-order valence-electron chi connectivity index (χ2n) is 5.74. The van der Waals surface area contributed by atoms with Crippen LogP contribution in [0.1, 0.15) is 18.5 Å². The van der Waals surface area contributed by atoms with Crippen LogP contribution in [0.25, 0.3) is 0 Å². The third-order valence-electron chi connectivity index (χ3n) is 4.02. The molecular weight excluding hydrogens is 346 g/mol. The number of carboxylic acid groups (broad SMARTS) is 1. The summed E-state index contributed by atoms with van der Waals surface area (Å²) in [5.74, 6) is -0.342. The lowest BCUT2D eigenvalue weighted by Crippen LogP contribution is -2.70. The van der Waals surface area contributed by atoms with Crippen molar-refractivity contribution in [2.45, 2.75) is 24.4 Å². The number of carbonyl (C=O) groups excluding carboxylic acids is 2. The average molecular weight is 363 g/mol. The number of rotatable bonds is 4. The highest BCUT2D eigenvalue weighted by Gasteiger charge is 2.53. The molecule has 1 aromatic rings. The van der Waals surface area contributed by atoms with E-state index < -0.39 is 35.4 Å². The fourth-order valence-corrected chi connectivity index (χ4v) is 4.00. The van der Waals surface area contributed by atoms with Gasteiger partial charge >= 0.3 is 6.16 Å². The number of nitrogens with one attached hydrogen (secondary N) is 1. The molecule has 0 aliphatic carbocycles. The van der Waals surface area contributed by atoms with Crippen LogP contribution in [0.2, 0.25) is 0 Å². The second-order valence-corrected chi connectivity index (χ2v) is 6.84. The Bertz CT molecular complexity index is 751. The molecule has 2 aliphatic rings. The van der Waals surface area contributed by atoms with E-state index in [1.54, 1.807) is 31.2 Å². The minimum absolute atomic E-state index is 0.0270. The molecule has 1 unspecified atom stereocenters. The highest BCUT2D eigenvalue weighted by Crippen LogP contribution is 2.40. The average Bonchev–Trinajstić information content (AvgIpc) is 2.60. The monoisotopic (exact) mass is 363 g/mol. The van der Waals surface area contributed by atoms with Crippen molar-refractivity contribution in [3.05, 3.63) is 47.4 Å². The highest BCUT2D eigenvalue weighted by molar-refractivity contribution is 8.00. The van der Waals surface area contributed by atoms with E-state index in [9.17, 15) is 14.4 Å². The Morgan fingerprint density at radius 2 is 2.08 bits per heavy atom. The van der Waals surface area contributed by atoms with E-state index in [0.717, 1.165) is 0 Å². The zero-order valence-corrected chi connectivity index (χ0v) is 14.2. The summed E-state index contributed by atoms with van der Waals surface area (Å²) in [6.07, 6.45) is -1.48. The predicted molar refractivity (Wildman–Crippen MR) is 90.2 cm³/mol. The van der Waals surface area contributed by atoms with Crippen molar-refractivity contribution in [2.24, 2.45) is 5.73 Å². The summed E-state index contributed by atoms with van der Waals surface area (Å²) in [5, 5.41) is 11.1. The van der Waals surface area contributed by atoms with Gasteiger partial charge in [-0.15, -0.1) is 11.8 Å². The second kappa shape index (κ2) is 6.77. The van der Waals surface area contributed by atoms with Crippen molar-refractivity contribution in [3.8, 4) is 0 Å². The third kappa shape index (κ3) is 3.20. The number of nitrogens with zero attached hydrogens (tertiary/aromatic N) is 1. The molecule has 132 valence electrons. The first-order valence-electron chi connectivity index (χ1n) is 7.56. The van der Waals surface area contributed by atoms with Gasteiger partial charge in [-0.2, -0.15) is 0 Å². The zero-order valence-electron chi connectivity index (χ0n) is 13.3. The molecule has 8 nitrogen and oxygen atoms in total. The van der Waals surface area contributed by atoms with Crippen LogP contribution in [0.15, 0.2) is 41.8 Å². The molecule has 2 aliphatic heterocycles. The topological polar surface area (TPSA) is 122 Å². The molecule has 25 heavy (non-hydrogen) atoms. The van der Waals surface area contributed by atoms with Crippen molar-refractivity contribution in [1.82, 2.24) is 10.2 Å². The molecule has 0 spiro atoms. The molecule has 2 amide bonds. The largest absolute Gasteiger partial charge is 0.512 e. The van der Waals surface area contributed by atoms with Crippen molar-refractivity contribution < 1.29 is 24.2 Å². The summed E-state index contributed by atoms with van der Waals surface area (Å²) in [4.78, 5) is 36.8.